The van der Waals surface area contributed by atoms with E-state index in [4.69, 9.17) is 0 Å². The van der Waals surface area contributed by atoms with Crippen molar-refractivity contribution in [1.82, 2.24) is 15.1 Å². The summed E-state index contributed by atoms with van der Waals surface area (Å²) in [5.74, 6) is -3.73. The first-order valence-electron chi connectivity index (χ1n) is 5.78. The molecule has 0 unspecified atom stereocenters. The van der Waals surface area contributed by atoms with Crippen LogP contribution in [0.3, 0.4) is 0 Å². The zero-order valence-corrected chi connectivity index (χ0v) is 10.8. The fourth-order valence-electron chi connectivity index (χ4n) is 1.72. The highest BCUT2D eigenvalue weighted by molar-refractivity contribution is 5.95. The molecule has 0 aliphatic carbocycles. The zero-order chi connectivity index (χ0) is 15.6. The maximum Gasteiger partial charge on any atom is 0.305 e. The van der Waals surface area contributed by atoms with Crippen molar-refractivity contribution in [3.8, 4) is 0 Å². The molecule has 0 fully saturated rings. The van der Waals surface area contributed by atoms with Crippen molar-refractivity contribution >= 4 is 11.6 Å². The highest BCUT2D eigenvalue weighted by atomic mass is 19.1. The summed E-state index contributed by atoms with van der Waals surface area (Å²) in [7, 11) is 1.67. The van der Waals surface area contributed by atoms with Gasteiger partial charge in [-0.2, -0.15) is 9.49 Å². The number of rotatable bonds is 4. The average Bonchev–Trinajstić information content (AvgIpc) is 2.82. The lowest BCUT2D eigenvalue weighted by Gasteiger charge is -2.06. The Balaban J connectivity index is 2.22. The van der Waals surface area contributed by atoms with Crippen LogP contribution in [0, 0.1) is 21.7 Å². The number of nitrogens with one attached hydrogen (secondary N) is 1. The van der Waals surface area contributed by atoms with Gasteiger partial charge in [0.25, 0.3) is 5.91 Å². The monoisotopic (exact) mass is 296 g/mol. The minimum atomic E-state index is -1.50. The molecule has 1 N–H and O–H groups in total. The summed E-state index contributed by atoms with van der Waals surface area (Å²) in [5.41, 5.74) is -1.31. The standard InChI is InChI=1S/C12H10F2N4O3/c1-17-6-7(5-16-17)4-15-12(19)10-8(13)2-3-9(11(10)14)18(20)21/h2-3,5-6H,4H2,1H3,(H,15,19). The van der Waals surface area contributed by atoms with Crippen LogP contribution >= 0.6 is 0 Å². The van der Waals surface area contributed by atoms with Crippen LogP contribution in [-0.4, -0.2) is 20.6 Å². The van der Waals surface area contributed by atoms with E-state index in [1.165, 1.54) is 10.9 Å². The number of nitro benzene ring substituents is 1. The number of halogens is 2. The molecule has 0 aliphatic heterocycles. The van der Waals surface area contributed by atoms with Crippen molar-refractivity contribution in [2.75, 3.05) is 0 Å². The molecule has 1 aromatic carbocycles. The summed E-state index contributed by atoms with van der Waals surface area (Å²) in [6, 6.07) is 1.35. The van der Waals surface area contributed by atoms with Crippen LogP contribution in [0.4, 0.5) is 14.5 Å². The first-order chi connectivity index (χ1) is 9.90. The van der Waals surface area contributed by atoms with Crippen molar-refractivity contribution in [3.05, 3.63) is 57.4 Å². The van der Waals surface area contributed by atoms with E-state index in [0.717, 1.165) is 0 Å². The number of carbonyl (C=O) groups is 1. The first kappa shape index (κ1) is 14.6. The molecule has 1 amide bonds. The fraction of sp³-hybridized carbons (Fsp3) is 0.167. The largest absolute Gasteiger partial charge is 0.348 e. The summed E-state index contributed by atoms with van der Waals surface area (Å²) in [6.07, 6.45) is 3.08. The highest BCUT2D eigenvalue weighted by Crippen LogP contribution is 2.23. The molecule has 7 nitrogen and oxygen atoms in total. The Morgan fingerprint density at radius 2 is 2.19 bits per heavy atom. The van der Waals surface area contributed by atoms with Crippen LogP contribution < -0.4 is 5.32 Å². The van der Waals surface area contributed by atoms with Crippen molar-refractivity contribution in [2.45, 2.75) is 6.54 Å². The summed E-state index contributed by atoms with van der Waals surface area (Å²) in [6.45, 7) is -0.00571. The molecule has 1 aromatic heterocycles. The number of aryl methyl sites for hydroxylation is 1. The predicted molar refractivity (Wildman–Crippen MR) is 67.4 cm³/mol. The highest BCUT2D eigenvalue weighted by Gasteiger charge is 2.26. The van der Waals surface area contributed by atoms with E-state index in [-0.39, 0.29) is 6.54 Å². The minimum absolute atomic E-state index is 0.00571. The second-order valence-corrected chi connectivity index (χ2v) is 4.22. The summed E-state index contributed by atoms with van der Waals surface area (Å²) in [4.78, 5) is 21.4. The van der Waals surface area contributed by atoms with Gasteiger partial charge in [-0.3, -0.25) is 19.6 Å². The van der Waals surface area contributed by atoms with Gasteiger partial charge < -0.3 is 5.32 Å². The quantitative estimate of drug-likeness (QED) is 0.684. The number of carbonyl (C=O) groups excluding carboxylic acids is 1. The van der Waals surface area contributed by atoms with Crippen LogP contribution in [0.1, 0.15) is 15.9 Å². The number of amides is 1. The average molecular weight is 296 g/mol. The zero-order valence-electron chi connectivity index (χ0n) is 10.8. The molecule has 0 bridgehead atoms. The van der Waals surface area contributed by atoms with E-state index in [1.54, 1.807) is 13.2 Å². The van der Waals surface area contributed by atoms with Crippen molar-refractivity contribution < 1.29 is 18.5 Å². The Hall–Kier alpha value is -2.84. The van der Waals surface area contributed by atoms with E-state index in [0.29, 0.717) is 17.7 Å². The topological polar surface area (TPSA) is 90.1 Å². The van der Waals surface area contributed by atoms with Gasteiger partial charge in [0.2, 0.25) is 5.82 Å². The van der Waals surface area contributed by atoms with Crippen LogP contribution in [0.5, 0.6) is 0 Å². The number of aromatic nitrogens is 2. The van der Waals surface area contributed by atoms with Crippen molar-refractivity contribution in [3.63, 3.8) is 0 Å². The lowest BCUT2D eigenvalue weighted by Crippen LogP contribution is -2.25. The smallest absolute Gasteiger partial charge is 0.305 e. The van der Waals surface area contributed by atoms with Gasteiger partial charge in [-0.15, -0.1) is 0 Å². The number of nitro groups is 1. The van der Waals surface area contributed by atoms with E-state index in [2.05, 4.69) is 10.4 Å². The second-order valence-electron chi connectivity index (χ2n) is 4.22. The van der Waals surface area contributed by atoms with Crippen LogP contribution in [0.15, 0.2) is 24.5 Å². The van der Waals surface area contributed by atoms with E-state index < -0.39 is 33.7 Å². The van der Waals surface area contributed by atoms with E-state index in [1.807, 2.05) is 0 Å². The molecule has 2 aromatic rings. The normalized spacial score (nSPS) is 10.4. The van der Waals surface area contributed by atoms with Gasteiger partial charge in [-0.25, -0.2) is 4.39 Å². The molecule has 0 aliphatic rings. The molecule has 0 saturated carbocycles. The predicted octanol–water partition coefficient (Wildman–Crippen LogP) is 1.54. The Kier molecular flexibility index (Phi) is 3.92. The number of hydrogen-bond acceptors (Lipinski definition) is 4. The Morgan fingerprint density at radius 3 is 2.76 bits per heavy atom. The molecular weight excluding hydrogens is 286 g/mol. The first-order valence-corrected chi connectivity index (χ1v) is 5.78. The molecule has 2 rings (SSSR count). The molecular formula is C12H10F2N4O3. The molecule has 0 saturated heterocycles. The Labute approximate surface area is 117 Å². The molecule has 0 radical (unpaired) electrons. The number of hydrogen-bond donors (Lipinski definition) is 1. The summed E-state index contributed by atoms with van der Waals surface area (Å²) in [5, 5.41) is 16.7. The minimum Gasteiger partial charge on any atom is -0.348 e. The van der Waals surface area contributed by atoms with Gasteiger partial charge in [0.15, 0.2) is 0 Å². The Bertz CT molecular complexity index is 715. The molecule has 110 valence electrons. The third kappa shape index (κ3) is 3.02. The van der Waals surface area contributed by atoms with Gasteiger partial charge >= 0.3 is 5.69 Å². The van der Waals surface area contributed by atoms with Crippen LogP contribution in [-0.2, 0) is 13.6 Å². The van der Waals surface area contributed by atoms with Crippen molar-refractivity contribution in [1.29, 1.82) is 0 Å². The fourth-order valence-corrected chi connectivity index (χ4v) is 1.72. The van der Waals surface area contributed by atoms with Crippen LogP contribution in [0.2, 0.25) is 0 Å². The van der Waals surface area contributed by atoms with Gasteiger partial charge in [-0.1, -0.05) is 0 Å². The van der Waals surface area contributed by atoms with E-state index >= 15 is 0 Å². The Morgan fingerprint density at radius 1 is 1.48 bits per heavy atom. The second kappa shape index (κ2) is 5.65. The molecule has 21 heavy (non-hydrogen) atoms. The molecule has 0 atom stereocenters. The van der Waals surface area contributed by atoms with Gasteiger partial charge in [0.05, 0.1) is 11.1 Å². The maximum absolute atomic E-state index is 13.8. The third-order valence-corrected chi connectivity index (χ3v) is 2.71. The third-order valence-electron chi connectivity index (χ3n) is 2.71. The summed E-state index contributed by atoms with van der Waals surface area (Å²) < 4.78 is 28.8. The summed E-state index contributed by atoms with van der Waals surface area (Å²) >= 11 is 0. The van der Waals surface area contributed by atoms with E-state index in [9.17, 15) is 23.7 Å². The molecule has 0 spiro atoms. The molecule has 1 heterocycles. The van der Waals surface area contributed by atoms with Crippen molar-refractivity contribution in [2.24, 2.45) is 7.05 Å². The van der Waals surface area contributed by atoms with Gasteiger partial charge in [-0.05, 0) is 6.07 Å². The van der Waals surface area contributed by atoms with Crippen LogP contribution in [0.25, 0.3) is 0 Å². The number of nitrogens with zero attached hydrogens (tertiary/aromatic N) is 3. The van der Waals surface area contributed by atoms with Gasteiger partial charge in [0, 0.05) is 31.4 Å². The molecule has 9 heteroatoms. The lowest BCUT2D eigenvalue weighted by molar-refractivity contribution is -0.387. The lowest BCUT2D eigenvalue weighted by atomic mass is 10.1. The van der Waals surface area contributed by atoms with Gasteiger partial charge in [0.1, 0.15) is 11.4 Å². The maximum atomic E-state index is 13.8. The number of benzene rings is 1. The SMILES string of the molecule is Cn1cc(CNC(=O)c2c(F)ccc([N+](=O)[O-])c2F)cn1.